The first-order valence-corrected chi connectivity index (χ1v) is 8.21. The van der Waals surface area contributed by atoms with Gasteiger partial charge in [-0.15, -0.1) is 0 Å². The van der Waals surface area contributed by atoms with Gasteiger partial charge in [0, 0.05) is 7.11 Å². The molecule has 0 bridgehead atoms. The van der Waals surface area contributed by atoms with Crippen molar-refractivity contribution in [3.63, 3.8) is 0 Å². The van der Waals surface area contributed by atoms with Crippen molar-refractivity contribution in [3.8, 4) is 0 Å². The number of rotatable bonds is 7. The number of methoxy groups -OCH3 is 1. The summed E-state index contributed by atoms with van der Waals surface area (Å²) in [5.74, 6) is -1.23. The van der Waals surface area contributed by atoms with E-state index in [4.69, 9.17) is 18.9 Å². The van der Waals surface area contributed by atoms with Crippen molar-refractivity contribution in [3.05, 3.63) is 12.7 Å². The highest BCUT2D eigenvalue weighted by molar-refractivity contribution is 5.75. The van der Waals surface area contributed by atoms with Gasteiger partial charge in [0.15, 0.2) is 0 Å². The number of hydrogen-bond acceptors (Lipinski definition) is 7. The number of aliphatic hydroxyl groups is 1. The molecule has 1 aliphatic rings. The molecule has 0 aromatic heterocycles. The molecule has 0 saturated carbocycles. The number of piperidine rings is 1. The molecule has 1 aliphatic heterocycles. The fourth-order valence-electron chi connectivity index (χ4n) is 2.55. The van der Waals surface area contributed by atoms with E-state index >= 15 is 0 Å². The summed E-state index contributed by atoms with van der Waals surface area (Å²) in [6.45, 7) is 9.02. The molecule has 0 spiro atoms. The van der Waals surface area contributed by atoms with Crippen LogP contribution in [0.1, 0.15) is 27.2 Å². The van der Waals surface area contributed by atoms with Gasteiger partial charge in [0.25, 0.3) is 0 Å². The third-order valence-corrected chi connectivity index (χ3v) is 3.60. The molecule has 8 heteroatoms. The molecule has 1 rings (SSSR count). The van der Waals surface area contributed by atoms with Gasteiger partial charge in [-0.25, -0.2) is 4.79 Å². The van der Waals surface area contributed by atoms with Crippen molar-refractivity contribution in [1.29, 1.82) is 0 Å². The van der Waals surface area contributed by atoms with E-state index in [1.54, 1.807) is 20.8 Å². The topological polar surface area (TPSA) is 94.5 Å². The standard InChI is InChI=1S/C17H29NO7/c1-6-7-24-16(21)18-9-14(19)13(15(20)25-17(2,3)4)8-12(18)10-23-11-22-5/h6,12-14,19H,1,7-11H2,2-5H3/t12-,13?,14?/m1/s1. The second-order valence-electron chi connectivity index (χ2n) is 6.89. The summed E-state index contributed by atoms with van der Waals surface area (Å²) < 4.78 is 20.6. The number of β-amino-alcohol motifs (C(OH)–C–C–N with tert-alkyl or cyclic N) is 1. The van der Waals surface area contributed by atoms with Crippen LogP contribution in [-0.4, -0.2) is 73.5 Å². The minimum Gasteiger partial charge on any atom is -0.460 e. The van der Waals surface area contributed by atoms with Crippen LogP contribution in [0.15, 0.2) is 12.7 Å². The predicted octanol–water partition coefficient (Wildman–Crippen LogP) is 1.32. The molecule has 8 nitrogen and oxygen atoms in total. The molecule has 0 radical (unpaired) electrons. The SMILES string of the molecule is C=CCOC(=O)N1CC(O)C(C(=O)OC(C)(C)C)C[C@@H]1COCOC. The van der Waals surface area contributed by atoms with Gasteiger partial charge in [-0.3, -0.25) is 4.79 Å². The highest BCUT2D eigenvalue weighted by Gasteiger charge is 2.42. The predicted molar refractivity (Wildman–Crippen MR) is 89.8 cm³/mol. The molecule has 0 aliphatic carbocycles. The molecule has 144 valence electrons. The molecule has 3 atom stereocenters. The van der Waals surface area contributed by atoms with E-state index in [0.29, 0.717) is 0 Å². The zero-order valence-corrected chi connectivity index (χ0v) is 15.4. The van der Waals surface area contributed by atoms with E-state index < -0.39 is 35.7 Å². The Morgan fingerprint density at radius 1 is 1.36 bits per heavy atom. The Morgan fingerprint density at radius 2 is 2.04 bits per heavy atom. The van der Waals surface area contributed by atoms with Crippen LogP contribution in [-0.2, 0) is 23.7 Å². The van der Waals surface area contributed by atoms with Gasteiger partial charge in [-0.1, -0.05) is 12.7 Å². The molecule has 1 N–H and O–H groups in total. The van der Waals surface area contributed by atoms with Crippen LogP contribution in [0.3, 0.4) is 0 Å². The Kier molecular flexibility index (Phi) is 8.34. The monoisotopic (exact) mass is 359 g/mol. The summed E-state index contributed by atoms with van der Waals surface area (Å²) in [5, 5.41) is 10.3. The molecule has 25 heavy (non-hydrogen) atoms. The van der Waals surface area contributed by atoms with Crippen molar-refractivity contribution in [2.24, 2.45) is 5.92 Å². The van der Waals surface area contributed by atoms with Gasteiger partial charge in [0.05, 0.1) is 31.2 Å². The van der Waals surface area contributed by atoms with E-state index in [9.17, 15) is 14.7 Å². The summed E-state index contributed by atoms with van der Waals surface area (Å²) >= 11 is 0. The maximum Gasteiger partial charge on any atom is 0.410 e. The van der Waals surface area contributed by atoms with Gasteiger partial charge in [-0.05, 0) is 27.2 Å². The zero-order chi connectivity index (χ0) is 19.0. The largest absolute Gasteiger partial charge is 0.460 e. The molecule has 1 amide bonds. The Bertz CT molecular complexity index is 460. The van der Waals surface area contributed by atoms with Gasteiger partial charge >= 0.3 is 12.1 Å². The van der Waals surface area contributed by atoms with E-state index in [-0.39, 0.29) is 33.0 Å². The summed E-state index contributed by atoms with van der Waals surface area (Å²) in [7, 11) is 1.49. The van der Waals surface area contributed by atoms with Crippen molar-refractivity contribution >= 4 is 12.1 Å². The fourth-order valence-corrected chi connectivity index (χ4v) is 2.55. The van der Waals surface area contributed by atoms with Crippen LogP contribution in [0.25, 0.3) is 0 Å². The second kappa shape index (κ2) is 9.74. The van der Waals surface area contributed by atoms with Crippen LogP contribution >= 0.6 is 0 Å². The van der Waals surface area contributed by atoms with E-state index in [1.165, 1.54) is 18.1 Å². The lowest BCUT2D eigenvalue weighted by Gasteiger charge is -2.40. The van der Waals surface area contributed by atoms with E-state index in [1.807, 2.05) is 0 Å². The average molecular weight is 359 g/mol. The first-order chi connectivity index (χ1) is 11.7. The van der Waals surface area contributed by atoms with Crippen LogP contribution in [0.5, 0.6) is 0 Å². The lowest BCUT2D eigenvalue weighted by molar-refractivity contribution is -0.169. The van der Waals surface area contributed by atoms with Crippen molar-refractivity contribution in [1.82, 2.24) is 4.90 Å². The number of amides is 1. The summed E-state index contributed by atoms with van der Waals surface area (Å²) in [6.07, 6.45) is 0.0405. The molecule has 1 heterocycles. The number of nitrogens with zero attached hydrogens (tertiary/aromatic N) is 1. The van der Waals surface area contributed by atoms with Crippen LogP contribution in [0, 0.1) is 5.92 Å². The number of likely N-dealkylation sites (tertiary alicyclic amines) is 1. The molecular formula is C17H29NO7. The molecule has 1 saturated heterocycles. The fraction of sp³-hybridized carbons (Fsp3) is 0.765. The summed E-state index contributed by atoms with van der Waals surface area (Å²) in [5.41, 5.74) is -0.654. The number of esters is 1. The molecule has 1 fully saturated rings. The Labute approximate surface area is 148 Å². The number of carbonyl (C=O) groups is 2. The minimum absolute atomic E-state index is 0.0408. The van der Waals surface area contributed by atoms with Gasteiger partial charge in [0.2, 0.25) is 0 Å². The molecule has 0 aromatic carbocycles. The summed E-state index contributed by atoms with van der Waals surface area (Å²) in [4.78, 5) is 25.9. The van der Waals surface area contributed by atoms with Crippen LogP contribution in [0.4, 0.5) is 4.79 Å². The average Bonchev–Trinajstić information content (AvgIpc) is 2.52. The molecular weight excluding hydrogens is 330 g/mol. The van der Waals surface area contributed by atoms with Gasteiger partial charge in [0.1, 0.15) is 19.0 Å². The number of carbonyl (C=O) groups excluding carboxylic acids is 2. The Morgan fingerprint density at radius 3 is 2.60 bits per heavy atom. The Hall–Kier alpha value is -1.64. The van der Waals surface area contributed by atoms with Crippen molar-refractivity contribution in [2.75, 3.05) is 33.7 Å². The lowest BCUT2D eigenvalue weighted by Crippen LogP contribution is -2.56. The highest BCUT2D eigenvalue weighted by atomic mass is 16.7. The normalized spacial score (nSPS) is 23.9. The second-order valence-corrected chi connectivity index (χ2v) is 6.89. The lowest BCUT2D eigenvalue weighted by atomic mass is 9.88. The number of aliphatic hydroxyl groups excluding tert-OH is 1. The minimum atomic E-state index is -1.04. The van der Waals surface area contributed by atoms with Crippen LogP contribution in [0.2, 0.25) is 0 Å². The van der Waals surface area contributed by atoms with Crippen molar-refractivity contribution in [2.45, 2.75) is 44.9 Å². The highest BCUT2D eigenvalue weighted by Crippen LogP contribution is 2.27. The van der Waals surface area contributed by atoms with Crippen LogP contribution < -0.4 is 0 Å². The summed E-state index contributed by atoms with van der Waals surface area (Å²) in [6, 6.07) is -0.437. The van der Waals surface area contributed by atoms with Gasteiger partial charge < -0.3 is 29.0 Å². The van der Waals surface area contributed by atoms with Crippen molar-refractivity contribution < 1.29 is 33.6 Å². The first-order valence-electron chi connectivity index (χ1n) is 8.21. The van der Waals surface area contributed by atoms with E-state index in [0.717, 1.165) is 0 Å². The molecule has 2 unspecified atom stereocenters. The number of ether oxygens (including phenoxy) is 4. The third-order valence-electron chi connectivity index (χ3n) is 3.60. The third kappa shape index (κ3) is 7.01. The first kappa shape index (κ1) is 21.4. The Balaban J connectivity index is 2.83. The van der Waals surface area contributed by atoms with Gasteiger partial charge in [-0.2, -0.15) is 0 Å². The maximum atomic E-state index is 12.4. The quantitative estimate of drug-likeness (QED) is 0.317. The zero-order valence-electron chi connectivity index (χ0n) is 15.4. The van der Waals surface area contributed by atoms with E-state index in [2.05, 4.69) is 6.58 Å². The smallest absolute Gasteiger partial charge is 0.410 e. The molecule has 0 aromatic rings. The number of hydrogen-bond donors (Lipinski definition) is 1. The maximum absolute atomic E-state index is 12.4.